The van der Waals surface area contributed by atoms with Gasteiger partial charge in [-0.05, 0) is 12.8 Å². The van der Waals surface area contributed by atoms with Gasteiger partial charge in [-0.2, -0.15) is 0 Å². The molecule has 0 spiro atoms. The lowest BCUT2D eigenvalue weighted by atomic mass is 10.3. The molecule has 0 aromatic heterocycles. The third-order valence-electron chi connectivity index (χ3n) is 2.05. The molecule has 4 nitrogen and oxygen atoms in total. The Morgan fingerprint density at radius 2 is 1.75 bits per heavy atom. The molecule has 16 heavy (non-hydrogen) atoms. The van der Waals surface area contributed by atoms with Crippen molar-refractivity contribution in [1.82, 2.24) is 0 Å². The van der Waals surface area contributed by atoms with E-state index in [0.29, 0.717) is 12.6 Å². The molecule has 4 heteroatoms. The lowest BCUT2D eigenvalue weighted by molar-refractivity contribution is -0.0744. The Morgan fingerprint density at radius 1 is 1.00 bits per heavy atom. The summed E-state index contributed by atoms with van der Waals surface area (Å²) in [6.45, 7) is 5.11. The number of allylic oxidation sites excluding steroid dienone is 1. The molecule has 0 rings (SSSR count). The monoisotopic (exact) mass is 232 g/mol. The minimum absolute atomic E-state index is 0.208. The van der Waals surface area contributed by atoms with E-state index < -0.39 is 0 Å². The van der Waals surface area contributed by atoms with Crippen LogP contribution in [-0.2, 0) is 18.9 Å². The van der Waals surface area contributed by atoms with Crippen LogP contribution in [0.2, 0.25) is 0 Å². The highest BCUT2D eigenvalue weighted by atomic mass is 16.7. The van der Waals surface area contributed by atoms with Crippen LogP contribution in [-0.4, -0.2) is 27.6 Å². The maximum atomic E-state index is 5.35. The maximum absolute atomic E-state index is 5.35. The normalized spacial score (nSPS) is 12.0. The van der Waals surface area contributed by atoms with Crippen LogP contribution in [0.25, 0.3) is 0 Å². The molecule has 0 unspecified atom stereocenters. The lowest BCUT2D eigenvalue weighted by Gasteiger charge is -2.13. The van der Waals surface area contributed by atoms with Gasteiger partial charge < -0.3 is 18.9 Å². The topological polar surface area (TPSA) is 36.9 Å². The first-order chi connectivity index (χ1) is 7.79. The number of methoxy groups -OCH3 is 2. The summed E-state index contributed by atoms with van der Waals surface area (Å²) in [4.78, 5) is 0. The van der Waals surface area contributed by atoms with Crippen LogP contribution in [0.15, 0.2) is 11.7 Å². The lowest BCUT2D eigenvalue weighted by Crippen LogP contribution is -2.06. The molecule has 96 valence electrons. The molecule has 0 aliphatic heterocycles. The van der Waals surface area contributed by atoms with Gasteiger partial charge in [0.05, 0.1) is 20.8 Å². The van der Waals surface area contributed by atoms with Crippen LogP contribution in [0.5, 0.6) is 0 Å². The maximum Gasteiger partial charge on any atom is 0.320 e. The van der Waals surface area contributed by atoms with Gasteiger partial charge in [-0.25, -0.2) is 0 Å². The van der Waals surface area contributed by atoms with Gasteiger partial charge in [-0.3, -0.25) is 0 Å². The smallest absolute Gasteiger partial charge is 0.320 e. The summed E-state index contributed by atoms with van der Waals surface area (Å²) < 4.78 is 21.0. The van der Waals surface area contributed by atoms with Crippen LogP contribution in [0, 0.1) is 0 Å². The highest BCUT2D eigenvalue weighted by molar-refractivity contribution is 4.94. The van der Waals surface area contributed by atoms with Crippen molar-refractivity contribution in [3.63, 3.8) is 0 Å². The predicted molar refractivity (Wildman–Crippen MR) is 62.8 cm³/mol. The molecule has 0 radical (unpaired) electrons. The quantitative estimate of drug-likeness (QED) is 0.329. The molecule has 0 aliphatic rings. The van der Waals surface area contributed by atoms with Crippen LogP contribution in [0.1, 0.15) is 39.5 Å². The van der Waals surface area contributed by atoms with Gasteiger partial charge in [0, 0.05) is 6.42 Å². The van der Waals surface area contributed by atoms with Crippen molar-refractivity contribution in [3.8, 4) is 0 Å². The Kier molecular flexibility index (Phi) is 10.0. The van der Waals surface area contributed by atoms with E-state index in [1.165, 1.54) is 0 Å². The van der Waals surface area contributed by atoms with Gasteiger partial charge in [0.2, 0.25) is 0 Å². The van der Waals surface area contributed by atoms with E-state index in [1.807, 2.05) is 0 Å². The van der Waals surface area contributed by atoms with Gasteiger partial charge in [-0.15, -0.1) is 0 Å². The fourth-order valence-electron chi connectivity index (χ4n) is 1.17. The molecule has 0 atom stereocenters. The van der Waals surface area contributed by atoms with Crippen molar-refractivity contribution >= 4 is 0 Å². The first-order valence-electron chi connectivity index (χ1n) is 5.81. The molecule has 0 amide bonds. The summed E-state index contributed by atoms with van der Waals surface area (Å²) in [6, 6.07) is 0. The van der Waals surface area contributed by atoms with E-state index in [9.17, 15) is 0 Å². The highest BCUT2D eigenvalue weighted by Gasteiger charge is 2.08. The second-order valence-electron chi connectivity index (χ2n) is 3.39. The van der Waals surface area contributed by atoms with E-state index >= 15 is 0 Å². The minimum Gasteiger partial charge on any atom is -0.494 e. The average Bonchev–Trinajstić information content (AvgIpc) is 2.31. The van der Waals surface area contributed by atoms with E-state index in [-0.39, 0.29) is 6.79 Å². The summed E-state index contributed by atoms with van der Waals surface area (Å²) in [5.41, 5.74) is 0. The summed E-state index contributed by atoms with van der Waals surface area (Å²) in [5.74, 6) is 1.14. The average molecular weight is 232 g/mol. The molecule has 0 aromatic carbocycles. The largest absolute Gasteiger partial charge is 0.494 e. The van der Waals surface area contributed by atoms with Gasteiger partial charge in [0.15, 0.2) is 12.6 Å². The van der Waals surface area contributed by atoms with Crippen LogP contribution < -0.4 is 0 Å². The number of hydrogen-bond donors (Lipinski definition) is 0. The summed E-state index contributed by atoms with van der Waals surface area (Å²) >= 11 is 0. The number of rotatable bonds is 10. The van der Waals surface area contributed by atoms with Crippen LogP contribution >= 0.6 is 0 Å². The van der Waals surface area contributed by atoms with E-state index in [4.69, 9.17) is 18.9 Å². The van der Waals surface area contributed by atoms with E-state index in [0.717, 1.165) is 31.4 Å². The molecule has 0 fully saturated rings. The Bertz CT molecular complexity index is 189. The second kappa shape index (κ2) is 10.6. The van der Waals surface area contributed by atoms with Crippen LogP contribution in [0.4, 0.5) is 0 Å². The molecular weight excluding hydrogens is 208 g/mol. The number of ether oxygens (including phenoxy) is 4. The fraction of sp³-hybridized carbons (Fsp3) is 0.833. The Hall–Kier alpha value is -0.900. The molecule has 0 N–H and O–H groups in total. The fourth-order valence-corrected chi connectivity index (χ4v) is 1.17. The van der Waals surface area contributed by atoms with Crippen molar-refractivity contribution in [2.24, 2.45) is 0 Å². The van der Waals surface area contributed by atoms with Crippen molar-refractivity contribution in [1.29, 1.82) is 0 Å². The zero-order valence-corrected chi connectivity index (χ0v) is 10.9. The zero-order valence-electron chi connectivity index (χ0n) is 10.9. The van der Waals surface area contributed by atoms with Gasteiger partial charge >= 0.3 is 5.95 Å². The molecular formula is C12H24O4. The number of hydrogen-bond acceptors (Lipinski definition) is 4. The summed E-state index contributed by atoms with van der Waals surface area (Å²) in [7, 11) is 3.18. The second-order valence-corrected chi connectivity index (χ2v) is 3.39. The molecule has 0 aromatic rings. The molecule has 0 bridgehead atoms. The molecule has 0 saturated heterocycles. The van der Waals surface area contributed by atoms with Gasteiger partial charge in [0.1, 0.15) is 0 Å². The van der Waals surface area contributed by atoms with Gasteiger partial charge in [0.25, 0.3) is 0 Å². The first kappa shape index (κ1) is 15.1. The molecule has 0 heterocycles. The van der Waals surface area contributed by atoms with E-state index in [2.05, 4.69) is 13.8 Å². The Balaban J connectivity index is 3.96. The predicted octanol–water partition coefficient (Wildman–Crippen LogP) is 3.04. The first-order valence-corrected chi connectivity index (χ1v) is 5.81. The summed E-state index contributed by atoms with van der Waals surface area (Å²) in [5, 5.41) is 0. The highest BCUT2D eigenvalue weighted by Crippen LogP contribution is 2.13. The van der Waals surface area contributed by atoms with Crippen molar-refractivity contribution in [2.75, 3.05) is 27.6 Å². The van der Waals surface area contributed by atoms with Gasteiger partial charge in [-0.1, -0.05) is 20.3 Å². The van der Waals surface area contributed by atoms with Crippen LogP contribution in [0.3, 0.4) is 0 Å². The SMILES string of the molecule is CCCCOCOC(OC)=C(CCC)OC. The number of unbranched alkanes of at least 4 members (excludes halogenated alkanes) is 1. The Labute approximate surface area is 98.5 Å². The van der Waals surface area contributed by atoms with Crippen molar-refractivity contribution < 1.29 is 18.9 Å². The Morgan fingerprint density at radius 3 is 2.25 bits per heavy atom. The third-order valence-corrected chi connectivity index (χ3v) is 2.05. The van der Waals surface area contributed by atoms with E-state index in [1.54, 1.807) is 14.2 Å². The standard InChI is InChI=1S/C12H24O4/c1-5-7-9-15-10-16-12(14-4)11(13-3)8-6-2/h5-10H2,1-4H3. The zero-order chi connectivity index (χ0) is 12.2. The summed E-state index contributed by atoms with van der Waals surface area (Å²) in [6.07, 6.45) is 3.94. The third kappa shape index (κ3) is 6.56. The minimum atomic E-state index is 0.208. The molecule has 0 aliphatic carbocycles. The van der Waals surface area contributed by atoms with Crippen molar-refractivity contribution in [3.05, 3.63) is 11.7 Å². The van der Waals surface area contributed by atoms with Crippen molar-refractivity contribution in [2.45, 2.75) is 39.5 Å². The molecule has 0 saturated carbocycles.